The number of aromatic nitrogens is 1. The quantitative estimate of drug-likeness (QED) is 0.633. The number of pyridine rings is 1. The Hall–Kier alpha value is -0.790. The zero-order chi connectivity index (χ0) is 11.4. The second-order valence-corrected chi connectivity index (χ2v) is 3.77. The van der Waals surface area contributed by atoms with Gasteiger partial charge >= 0.3 is 5.97 Å². The lowest BCUT2D eigenvalue weighted by Crippen LogP contribution is -2.07. The number of carbonyl (C=O) groups is 1. The van der Waals surface area contributed by atoms with E-state index in [1.807, 2.05) is 0 Å². The van der Waals surface area contributed by atoms with Gasteiger partial charge in [-0.1, -0.05) is 0 Å². The van der Waals surface area contributed by atoms with Crippen LogP contribution in [-0.2, 0) is 4.74 Å². The Morgan fingerprint density at radius 2 is 2.33 bits per heavy atom. The summed E-state index contributed by atoms with van der Waals surface area (Å²) < 4.78 is 29.6. The molecule has 1 heterocycles. The highest BCUT2D eigenvalue weighted by Gasteiger charge is 2.16. The lowest BCUT2D eigenvalue weighted by atomic mass is 10.2. The van der Waals surface area contributed by atoms with Crippen molar-refractivity contribution in [1.29, 1.82) is 0 Å². The maximum Gasteiger partial charge on any atom is 0.339 e. The second-order valence-electron chi connectivity index (χ2n) is 2.61. The molecule has 15 heavy (non-hydrogen) atoms. The van der Waals surface area contributed by atoms with Crippen molar-refractivity contribution >= 4 is 28.6 Å². The summed E-state index contributed by atoms with van der Waals surface area (Å²) in [6.45, 7) is 1.91. The van der Waals surface area contributed by atoms with Crippen molar-refractivity contribution in [2.45, 2.75) is 13.3 Å². The van der Waals surface area contributed by atoms with Crippen molar-refractivity contribution in [1.82, 2.24) is 4.98 Å². The molecule has 0 bridgehead atoms. The number of alkyl halides is 2. The summed E-state index contributed by atoms with van der Waals surface area (Å²) in [5.41, 5.74) is -0.130. The number of carbonyl (C=O) groups excluding carboxylic acids is 1. The highest BCUT2D eigenvalue weighted by Crippen LogP contribution is 2.22. The van der Waals surface area contributed by atoms with Gasteiger partial charge in [-0.05, 0) is 35.6 Å². The summed E-state index contributed by atoms with van der Waals surface area (Å²) in [7, 11) is 0. The molecule has 0 spiro atoms. The lowest BCUT2D eigenvalue weighted by Gasteiger charge is -2.05. The molecule has 0 unspecified atom stereocenters. The van der Waals surface area contributed by atoms with E-state index in [4.69, 9.17) is 4.74 Å². The number of halogens is 3. The van der Waals surface area contributed by atoms with Crippen LogP contribution in [0.2, 0.25) is 0 Å². The third-order valence-corrected chi connectivity index (χ3v) is 2.45. The van der Waals surface area contributed by atoms with Crippen LogP contribution >= 0.6 is 22.6 Å². The maximum absolute atomic E-state index is 12.3. The number of hydrogen-bond acceptors (Lipinski definition) is 3. The van der Waals surface area contributed by atoms with E-state index in [0.29, 0.717) is 0 Å². The lowest BCUT2D eigenvalue weighted by molar-refractivity contribution is 0.0525. The first-order valence-electron chi connectivity index (χ1n) is 4.17. The Morgan fingerprint density at radius 1 is 1.67 bits per heavy atom. The van der Waals surface area contributed by atoms with Crippen LogP contribution < -0.4 is 0 Å². The molecule has 3 nitrogen and oxygen atoms in total. The molecule has 0 aliphatic carbocycles. The summed E-state index contributed by atoms with van der Waals surface area (Å²) in [5, 5.41) is 0. The fourth-order valence-electron chi connectivity index (χ4n) is 0.935. The van der Waals surface area contributed by atoms with Crippen LogP contribution in [0, 0.1) is 3.57 Å². The summed E-state index contributed by atoms with van der Waals surface area (Å²) in [6.07, 6.45) is -1.53. The van der Waals surface area contributed by atoms with Crippen LogP contribution in [0.4, 0.5) is 8.78 Å². The molecule has 1 rings (SSSR count). The minimum Gasteiger partial charge on any atom is -0.462 e. The first-order valence-corrected chi connectivity index (χ1v) is 5.24. The van der Waals surface area contributed by atoms with Crippen LogP contribution in [0.1, 0.15) is 29.4 Å². The van der Waals surface area contributed by atoms with Gasteiger partial charge in [-0.2, -0.15) is 0 Å². The molecule has 0 amide bonds. The molecule has 82 valence electrons. The number of esters is 1. The van der Waals surface area contributed by atoms with Gasteiger partial charge in [-0.3, -0.25) is 4.98 Å². The molecule has 0 fully saturated rings. The number of rotatable bonds is 3. The third-order valence-electron chi connectivity index (χ3n) is 1.59. The van der Waals surface area contributed by atoms with E-state index in [2.05, 4.69) is 4.98 Å². The van der Waals surface area contributed by atoms with Gasteiger partial charge in [-0.15, -0.1) is 0 Å². The van der Waals surface area contributed by atoms with Crippen molar-refractivity contribution in [2.24, 2.45) is 0 Å². The Balaban J connectivity index is 2.96. The zero-order valence-corrected chi connectivity index (χ0v) is 9.99. The smallest absolute Gasteiger partial charge is 0.339 e. The Kier molecular flexibility index (Phi) is 4.37. The largest absolute Gasteiger partial charge is 0.462 e. The van der Waals surface area contributed by atoms with Crippen molar-refractivity contribution in [3.05, 3.63) is 27.1 Å². The third kappa shape index (κ3) is 3.08. The van der Waals surface area contributed by atoms with Gasteiger partial charge in [-0.25, -0.2) is 13.6 Å². The summed E-state index contributed by atoms with van der Waals surface area (Å²) in [6, 6.07) is 1.34. The van der Waals surface area contributed by atoms with E-state index in [9.17, 15) is 13.6 Å². The molecule has 0 atom stereocenters. The molecule has 1 aromatic rings. The SMILES string of the molecule is CCOC(=O)c1cnc(C(F)F)c(I)c1. The van der Waals surface area contributed by atoms with Crippen molar-refractivity contribution in [3.63, 3.8) is 0 Å². The van der Waals surface area contributed by atoms with Gasteiger partial charge in [0.25, 0.3) is 6.43 Å². The van der Waals surface area contributed by atoms with Gasteiger partial charge in [0.15, 0.2) is 0 Å². The molecule has 0 radical (unpaired) electrons. The van der Waals surface area contributed by atoms with Gasteiger partial charge in [0, 0.05) is 9.77 Å². The molecule has 1 aromatic heterocycles. The topological polar surface area (TPSA) is 39.2 Å². The van der Waals surface area contributed by atoms with Crippen LogP contribution in [0.25, 0.3) is 0 Å². The molecule has 0 N–H and O–H groups in total. The number of ether oxygens (including phenoxy) is 1. The van der Waals surface area contributed by atoms with Gasteiger partial charge in [0.2, 0.25) is 0 Å². The molecule has 6 heteroatoms. The highest BCUT2D eigenvalue weighted by atomic mass is 127. The van der Waals surface area contributed by atoms with Crippen LogP contribution in [0.5, 0.6) is 0 Å². The predicted octanol–water partition coefficient (Wildman–Crippen LogP) is 2.80. The highest BCUT2D eigenvalue weighted by molar-refractivity contribution is 14.1. The van der Waals surface area contributed by atoms with Crippen molar-refractivity contribution < 1.29 is 18.3 Å². The van der Waals surface area contributed by atoms with E-state index in [1.54, 1.807) is 29.5 Å². The zero-order valence-electron chi connectivity index (χ0n) is 7.84. The van der Waals surface area contributed by atoms with Crippen LogP contribution in [0.3, 0.4) is 0 Å². The van der Waals surface area contributed by atoms with E-state index in [1.165, 1.54) is 6.07 Å². The van der Waals surface area contributed by atoms with E-state index in [-0.39, 0.29) is 21.4 Å². The van der Waals surface area contributed by atoms with Crippen molar-refractivity contribution in [2.75, 3.05) is 6.61 Å². The summed E-state index contributed by atoms with van der Waals surface area (Å²) >= 11 is 1.71. The Bertz CT molecular complexity index is 371. The van der Waals surface area contributed by atoms with Gasteiger partial charge in [0.1, 0.15) is 5.69 Å². The standard InChI is InChI=1S/C9H8F2INO2/c1-2-15-9(14)5-3-6(12)7(8(10)11)13-4-5/h3-4,8H,2H2,1H3. The van der Waals surface area contributed by atoms with Crippen LogP contribution in [0.15, 0.2) is 12.3 Å². The normalized spacial score (nSPS) is 10.5. The fraction of sp³-hybridized carbons (Fsp3) is 0.333. The average Bonchev–Trinajstić information content (AvgIpc) is 2.17. The molecule has 0 aliphatic rings. The predicted molar refractivity (Wildman–Crippen MR) is 57.9 cm³/mol. The minimum absolute atomic E-state index is 0.186. The van der Waals surface area contributed by atoms with E-state index < -0.39 is 12.4 Å². The van der Waals surface area contributed by atoms with Gasteiger partial charge < -0.3 is 4.74 Å². The van der Waals surface area contributed by atoms with Gasteiger partial charge in [0.05, 0.1) is 12.2 Å². The van der Waals surface area contributed by atoms with E-state index >= 15 is 0 Å². The van der Waals surface area contributed by atoms with E-state index in [0.717, 1.165) is 6.20 Å². The molecule has 0 aliphatic heterocycles. The minimum atomic E-state index is -2.63. The molecule has 0 aromatic carbocycles. The molecular weight excluding hydrogens is 319 g/mol. The first kappa shape index (κ1) is 12.3. The molecule has 0 saturated heterocycles. The number of nitrogens with zero attached hydrogens (tertiary/aromatic N) is 1. The summed E-state index contributed by atoms with van der Waals surface area (Å²) in [5.74, 6) is -0.552. The molecular formula is C9H8F2INO2. The Morgan fingerprint density at radius 3 is 2.80 bits per heavy atom. The first-order chi connectivity index (χ1) is 7.06. The fourth-order valence-corrected chi connectivity index (χ4v) is 1.65. The maximum atomic E-state index is 12.3. The Labute approximate surface area is 99.0 Å². The monoisotopic (exact) mass is 327 g/mol. The van der Waals surface area contributed by atoms with Crippen molar-refractivity contribution in [3.8, 4) is 0 Å². The van der Waals surface area contributed by atoms with Crippen LogP contribution in [-0.4, -0.2) is 17.6 Å². The average molecular weight is 327 g/mol. The second kappa shape index (κ2) is 5.34. The number of hydrogen-bond donors (Lipinski definition) is 0. The summed E-state index contributed by atoms with van der Waals surface area (Å²) in [4.78, 5) is 14.7. The molecule has 0 saturated carbocycles.